The lowest BCUT2D eigenvalue weighted by atomic mass is 9.97. The first-order valence-electron chi connectivity index (χ1n) is 8.53. The van der Waals surface area contributed by atoms with Crippen LogP contribution in [-0.4, -0.2) is 71.7 Å². The van der Waals surface area contributed by atoms with Gasteiger partial charge >= 0.3 is 5.97 Å². The van der Waals surface area contributed by atoms with Gasteiger partial charge in [0.2, 0.25) is 0 Å². The number of hydrogen-bond acceptors (Lipinski definition) is 4. The molecule has 1 saturated heterocycles. The molecule has 3 fully saturated rings. The lowest BCUT2D eigenvalue weighted by Gasteiger charge is -2.30. The molecule has 0 aromatic heterocycles. The van der Waals surface area contributed by atoms with Crippen molar-refractivity contribution in [1.29, 1.82) is 0 Å². The first kappa shape index (κ1) is 15.3. The fraction of sp³-hybridized carbons (Fsp3) is 0.938. The van der Waals surface area contributed by atoms with E-state index >= 15 is 0 Å². The molecule has 0 aromatic rings. The second-order valence-corrected chi connectivity index (χ2v) is 7.23. The van der Waals surface area contributed by atoms with Gasteiger partial charge in [-0.15, -0.1) is 0 Å². The number of carbonyl (C=O) groups is 1. The minimum atomic E-state index is -0.659. The van der Waals surface area contributed by atoms with Crippen LogP contribution in [0.4, 0.5) is 0 Å². The Hall–Kier alpha value is -0.650. The molecule has 3 aliphatic rings. The third-order valence-corrected chi connectivity index (χ3v) is 5.55. The van der Waals surface area contributed by atoms with Crippen LogP contribution in [0.25, 0.3) is 0 Å². The molecule has 0 radical (unpaired) electrons. The molecular formula is C16H29N3O2. The lowest BCUT2D eigenvalue weighted by molar-refractivity contribution is -0.145. The largest absolute Gasteiger partial charge is 0.480 e. The summed E-state index contributed by atoms with van der Waals surface area (Å²) >= 11 is 0. The normalized spacial score (nSPS) is 33.9. The predicted octanol–water partition coefficient (Wildman–Crippen LogP) is 1.14. The first-order valence-corrected chi connectivity index (χ1v) is 8.53. The quantitative estimate of drug-likeness (QED) is 0.738. The Bertz CT molecular complexity index is 380. The van der Waals surface area contributed by atoms with Crippen molar-refractivity contribution < 1.29 is 9.90 Å². The summed E-state index contributed by atoms with van der Waals surface area (Å²) in [7, 11) is 2.16. The van der Waals surface area contributed by atoms with E-state index in [0.717, 1.165) is 45.2 Å². The molecule has 21 heavy (non-hydrogen) atoms. The van der Waals surface area contributed by atoms with Crippen molar-refractivity contribution in [2.24, 2.45) is 0 Å². The number of carboxylic acids is 1. The van der Waals surface area contributed by atoms with Crippen LogP contribution in [0.15, 0.2) is 0 Å². The molecule has 2 atom stereocenters. The van der Waals surface area contributed by atoms with Gasteiger partial charge in [0.1, 0.15) is 5.54 Å². The Labute approximate surface area is 127 Å². The van der Waals surface area contributed by atoms with Crippen LogP contribution in [0.2, 0.25) is 0 Å². The van der Waals surface area contributed by atoms with E-state index < -0.39 is 11.5 Å². The Morgan fingerprint density at radius 3 is 2.67 bits per heavy atom. The van der Waals surface area contributed by atoms with Crippen LogP contribution in [0.5, 0.6) is 0 Å². The summed E-state index contributed by atoms with van der Waals surface area (Å²) in [5, 5.41) is 13.1. The van der Waals surface area contributed by atoms with Crippen molar-refractivity contribution in [1.82, 2.24) is 15.1 Å². The predicted molar refractivity (Wildman–Crippen MR) is 82.5 cm³/mol. The van der Waals surface area contributed by atoms with Gasteiger partial charge in [-0.2, -0.15) is 0 Å². The second kappa shape index (κ2) is 6.23. The summed E-state index contributed by atoms with van der Waals surface area (Å²) in [6, 6.07) is 0.865. The number of likely N-dealkylation sites (N-methyl/N-ethyl adjacent to an activating group) is 1. The number of carboxylic acid groups (broad SMARTS) is 1. The number of hydrogen-bond donors (Lipinski definition) is 2. The third-order valence-electron chi connectivity index (χ3n) is 5.55. The van der Waals surface area contributed by atoms with E-state index in [4.69, 9.17) is 0 Å². The molecule has 5 heteroatoms. The SMILES string of the molecule is CN(CCN1CCCC1)C1CCC(NC2CC2)(C(=O)O)C1. The summed E-state index contributed by atoms with van der Waals surface area (Å²) in [6.45, 7) is 4.66. The van der Waals surface area contributed by atoms with E-state index in [1.165, 1.54) is 25.9 Å². The Morgan fingerprint density at radius 2 is 2.05 bits per heavy atom. The molecule has 120 valence electrons. The zero-order valence-electron chi connectivity index (χ0n) is 13.2. The molecule has 1 heterocycles. The fourth-order valence-corrected chi connectivity index (χ4v) is 3.89. The highest BCUT2D eigenvalue weighted by Crippen LogP contribution is 2.36. The molecule has 0 spiro atoms. The van der Waals surface area contributed by atoms with Crippen molar-refractivity contribution >= 4 is 5.97 Å². The van der Waals surface area contributed by atoms with Gasteiger partial charge in [0.05, 0.1) is 0 Å². The van der Waals surface area contributed by atoms with Crippen molar-refractivity contribution in [2.75, 3.05) is 33.2 Å². The number of rotatable bonds is 7. The Kier molecular flexibility index (Phi) is 4.52. The average molecular weight is 295 g/mol. The minimum Gasteiger partial charge on any atom is -0.480 e. The molecule has 2 aliphatic carbocycles. The van der Waals surface area contributed by atoms with Crippen LogP contribution in [0.1, 0.15) is 44.9 Å². The summed E-state index contributed by atoms with van der Waals surface area (Å²) < 4.78 is 0. The van der Waals surface area contributed by atoms with Crippen molar-refractivity contribution in [3.8, 4) is 0 Å². The van der Waals surface area contributed by atoms with Crippen LogP contribution in [0.3, 0.4) is 0 Å². The number of nitrogens with one attached hydrogen (secondary N) is 1. The first-order chi connectivity index (χ1) is 10.1. The minimum absolute atomic E-state index is 0.412. The van der Waals surface area contributed by atoms with Gasteiger partial charge in [-0.1, -0.05) is 0 Å². The van der Waals surface area contributed by atoms with Gasteiger partial charge in [0, 0.05) is 25.2 Å². The van der Waals surface area contributed by atoms with E-state index in [1.54, 1.807) is 0 Å². The van der Waals surface area contributed by atoms with Crippen LogP contribution >= 0.6 is 0 Å². The zero-order chi connectivity index (χ0) is 14.9. The standard InChI is InChI=1S/C16H29N3O2/c1-18(10-11-19-8-2-3-9-19)14-6-7-16(12-14,15(20)21)17-13-4-5-13/h13-14,17H,2-12H2,1H3,(H,20,21). The Morgan fingerprint density at radius 1 is 1.33 bits per heavy atom. The monoisotopic (exact) mass is 295 g/mol. The third kappa shape index (κ3) is 3.58. The maximum Gasteiger partial charge on any atom is 0.323 e. The van der Waals surface area contributed by atoms with E-state index in [-0.39, 0.29) is 0 Å². The van der Waals surface area contributed by atoms with Crippen molar-refractivity contribution in [3.05, 3.63) is 0 Å². The highest BCUT2D eigenvalue weighted by Gasteiger charge is 2.48. The molecular weight excluding hydrogens is 266 g/mol. The van der Waals surface area contributed by atoms with Gasteiger partial charge < -0.3 is 14.9 Å². The van der Waals surface area contributed by atoms with E-state index in [9.17, 15) is 9.90 Å². The Balaban J connectivity index is 1.50. The summed E-state index contributed by atoms with van der Waals surface area (Å²) in [4.78, 5) is 16.6. The molecule has 5 nitrogen and oxygen atoms in total. The van der Waals surface area contributed by atoms with Gasteiger partial charge in [-0.25, -0.2) is 0 Å². The molecule has 0 aromatic carbocycles. The average Bonchev–Trinajstić information content (AvgIpc) is 2.94. The smallest absolute Gasteiger partial charge is 0.323 e. The molecule has 2 N–H and O–H groups in total. The fourth-order valence-electron chi connectivity index (χ4n) is 3.89. The summed E-state index contributed by atoms with van der Waals surface area (Å²) in [5.74, 6) is -0.648. The molecule has 1 aliphatic heterocycles. The maximum atomic E-state index is 11.7. The van der Waals surface area contributed by atoms with Gasteiger partial charge in [0.25, 0.3) is 0 Å². The molecule has 3 rings (SSSR count). The number of nitrogens with zero attached hydrogens (tertiary/aromatic N) is 2. The van der Waals surface area contributed by atoms with Crippen LogP contribution in [0, 0.1) is 0 Å². The van der Waals surface area contributed by atoms with E-state index in [1.807, 2.05) is 0 Å². The number of likely N-dealkylation sites (tertiary alicyclic amines) is 1. The van der Waals surface area contributed by atoms with Crippen molar-refractivity contribution in [2.45, 2.75) is 62.6 Å². The van der Waals surface area contributed by atoms with Crippen LogP contribution < -0.4 is 5.32 Å². The van der Waals surface area contributed by atoms with Gasteiger partial charge in [-0.05, 0) is 65.1 Å². The number of aliphatic carboxylic acids is 1. The van der Waals surface area contributed by atoms with Gasteiger partial charge in [-0.3, -0.25) is 10.1 Å². The van der Waals surface area contributed by atoms with Crippen LogP contribution in [-0.2, 0) is 4.79 Å². The molecule has 0 amide bonds. The summed E-state index contributed by atoms with van der Waals surface area (Å²) in [5.41, 5.74) is -0.659. The van der Waals surface area contributed by atoms with Gasteiger partial charge in [0.15, 0.2) is 0 Å². The lowest BCUT2D eigenvalue weighted by Crippen LogP contribution is -2.52. The zero-order valence-corrected chi connectivity index (χ0v) is 13.2. The van der Waals surface area contributed by atoms with E-state index in [0.29, 0.717) is 12.1 Å². The summed E-state index contributed by atoms with van der Waals surface area (Å²) in [6.07, 6.45) is 7.49. The second-order valence-electron chi connectivity index (χ2n) is 7.23. The molecule has 2 saturated carbocycles. The van der Waals surface area contributed by atoms with E-state index in [2.05, 4.69) is 22.2 Å². The highest BCUT2D eigenvalue weighted by atomic mass is 16.4. The maximum absolute atomic E-state index is 11.7. The highest BCUT2D eigenvalue weighted by molar-refractivity contribution is 5.79. The molecule has 0 bridgehead atoms. The van der Waals surface area contributed by atoms with Crippen molar-refractivity contribution in [3.63, 3.8) is 0 Å². The molecule has 2 unspecified atom stereocenters. The topological polar surface area (TPSA) is 55.8 Å².